The number of aromatic nitrogens is 2. The third kappa shape index (κ3) is 4.26. The Balaban J connectivity index is 1.18. The summed E-state index contributed by atoms with van der Waals surface area (Å²) in [6, 6.07) is 51.8. The van der Waals surface area contributed by atoms with Crippen molar-refractivity contribution >= 4 is 10.8 Å². The van der Waals surface area contributed by atoms with Gasteiger partial charge in [-0.1, -0.05) is 153 Å². The first-order valence-electron chi connectivity index (χ1n) is 14.8. The smallest absolute Gasteiger partial charge is 0.160 e. The standard InChI is InChI=1S/C41H30N2/c1-41(2)36-15-9-8-14-35(36)39-37(41)38(42-40(43-39)32-11-4-3-5-12-32)31-23-20-29(21-24-31)28-16-18-30(19-17-28)34-25-22-27-10-6-7-13-33(27)26-34/h3-26H,1-2H3. The van der Waals surface area contributed by atoms with Gasteiger partial charge in [0.05, 0.1) is 11.4 Å². The lowest BCUT2D eigenvalue weighted by molar-refractivity contribution is 0.658. The molecule has 0 unspecified atom stereocenters. The third-order valence-corrected chi connectivity index (χ3v) is 8.88. The molecule has 0 radical (unpaired) electrons. The van der Waals surface area contributed by atoms with Gasteiger partial charge in [0.1, 0.15) is 0 Å². The zero-order valence-corrected chi connectivity index (χ0v) is 24.3. The van der Waals surface area contributed by atoms with Gasteiger partial charge in [0.15, 0.2) is 5.82 Å². The van der Waals surface area contributed by atoms with Crippen LogP contribution in [-0.2, 0) is 5.41 Å². The van der Waals surface area contributed by atoms with E-state index < -0.39 is 0 Å². The fraction of sp³-hybridized carbons (Fsp3) is 0.0732. The summed E-state index contributed by atoms with van der Waals surface area (Å²) in [7, 11) is 0. The number of fused-ring (bicyclic) bond motifs is 4. The van der Waals surface area contributed by atoms with Crippen molar-refractivity contribution in [2.45, 2.75) is 19.3 Å². The van der Waals surface area contributed by atoms with Crippen LogP contribution in [0.5, 0.6) is 0 Å². The Kier molecular flexibility index (Phi) is 5.84. The summed E-state index contributed by atoms with van der Waals surface area (Å²) in [4.78, 5) is 10.4. The quantitative estimate of drug-likeness (QED) is 0.218. The lowest BCUT2D eigenvalue weighted by Crippen LogP contribution is -2.17. The minimum atomic E-state index is -0.201. The van der Waals surface area contributed by atoms with Crippen LogP contribution in [-0.4, -0.2) is 9.97 Å². The first-order valence-corrected chi connectivity index (χ1v) is 14.8. The highest BCUT2D eigenvalue weighted by Gasteiger charge is 2.39. The summed E-state index contributed by atoms with van der Waals surface area (Å²) in [6.07, 6.45) is 0. The van der Waals surface area contributed by atoms with Crippen molar-refractivity contribution in [3.8, 4) is 56.2 Å². The van der Waals surface area contributed by atoms with Crippen LogP contribution in [0.3, 0.4) is 0 Å². The molecule has 2 heteroatoms. The Bertz CT molecular complexity index is 2120. The monoisotopic (exact) mass is 550 g/mol. The first kappa shape index (κ1) is 25.4. The molecule has 0 saturated heterocycles. The van der Waals surface area contributed by atoms with E-state index in [4.69, 9.17) is 9.97 Å². The summed E-state index contributed by atoms with van der Waals surface area (Å²) in [5.74, 6) is 0.759. The minimum absolute atomic E-state index is 0.201. The molecule has 8 rings (SSSR count). The zero-order chi connectivity index (χ0) is 29.0. The molecule has 0 saturated carbocycles. The van der Waals surface area contributed by atoms with Crippen molar-refractivity contribution in [2.75, 3.05) is 0 Å². The van der Waals surface area contributed by atoms with E-state index in [9.17, 15) is 0 Å². The maximum atomic E-state index is 5.22. The first-order chi connectivity index (χ1) is 21.1. The van der Waals surface area contributed by atoms with E-state index in [0.29, 0.717) is 0 Å². The van der Waals surface area contributed by atoms with E-state index in [1.54, 1.807) is 0 Å². The van der Waals surface area contributed by atoms with Crippen LogP contribution < -0.4 is 0 Å². The molecule has 0 aliphatic heterocycles. The van der Waals surface area contributed by atoms with Gasteiger partial charge >= 0.3 is 0 Å². The summed E-state index contributed by atoms with van der Waals surface area (Å²) < 4.78 is 0. The SMILES string of the molecule is CC1(C)c2ccccc2-c2nc(-c3ccccc3)nc(-c3ccc(-c4ccc(-c5ccc6ccccc6c5)cc4)cc3)c21. The molecule has 6 aromatic carbocycles. The highest BCUT2D eigenvalue weighted by molar-refractivity contribution is 5.88. The van der Waals surface area contributed by atoms with E-state index in [0.717, 1.165) is 28.3 Å². The summed E-state index contributed by atoms with van der Waals surface area (Å²) in [5, 5.41) is 2.53. The molecular formula is C41H30N2. The van der Waals surface area contributed by atoms with Crippen molar-refractivity contribution < 1.29 is 0 Å². The lowest BCUT2D eigenvalue weighted by atomic mass is 9.80. The second-order valence-corrected chi connectivity index (χ2v) is 11.9. The van der Waals surface area contributed by atoms with Gasteiger partial charge in [0.2, 0.25) is 0 Å². The van der Waals surface area contributed by atoms with E-state index in [1.807, 2.05) is 18.2 Å². The van der Waals surface area contributed by atoms with Gasteiger partial charge in [0.25, 0.3) is 0 Å². The number of benzene rings is 6. The van der Waals surface area contributed by atoms with Crippen LogP contribution in [0, 0.1) is 0 Å². The Morgan fingerprint density at radius 2 is 0.953 bits per heavy atom. The lowest BCUT2D eigenvalue weighted by Gasteiger charge is -2.24. The molecule has 43 heavy (non-hydrogen) atoms. The highest BCUT2D eigenvalue weighted by atomic mass is 14.9. The number of hydrogen-bond acceptors (Lipinski definition) is 2. The van der Waals surface area contributed by atoms with Crippen LogP contribution in [0.15, 0.2) is 146 Å². The molecule has 1 heterocycles. The van der Waals surface area contributed by atoms with Gasteiger partial charge in [-0.2, -0.15) is 0 Å². The second-order valence-electron chi connectivity index (χ2n) is 11.9. The fourth-order valence-electron chi connectivity index (χ4n) is 6.59. The van der Waals surface area contributed by atoms with E-state index in [1.165, 1.54) is 49.7 Å². The van der Waals surface area contributed by atoms with Crippen molar-refractivity contribution in [3.63, 3.8) is 0 Å². The Labute approximate surface area is 252 Å². The van der Waals surface area contributed by atoms with Crippen molar-refractivity contribution in [2.24, 2.45) is 0 Å². The molecule has 0 spiro atoms. The molecule has 0 fully saturated rings. The summed E-state index contributed by atoms with van der Waals surface area (Å²) in [6.45, 7) is 4.58. The molecule has 0 bridgehead atoms. The molecular weight excluding hydrogens is 520 g/mol. The number of rotatable bonds is 4. The third-order valence-electron chi connectivity index (χ3n) is 8.88. The van der Waals surface area contributed by atoms with Gasteiger partial charge in [-0.3, -0.25) is 0 Å². The van der Waals surface area contributed by atoms with Gasteiger partial charge in [-0.15, -0.1) is 0 Å². The predicted molar refractivity (Wildman–Crippen MR) is 179 cm³/mol. The second kappa shape index (κ2) is 9.89. The van der Waals surface area contributed by atoms with Crippen molar-refractivity contribution in [1.82, 2.24) is 9.97 Å². The van der Waals surface area contributed by atoms with Gasteiger partial charge < -0.3 is 0 Å². The number of nitrogens with zero attached hydrogens (tertiary/aromatic N) is 2. The molecule has 1 aromatic heterocycles. The van der Waals surface area contributed by atoms with E-state index >= 15 is 0 Å². The number of hydrogen-bond donors (Lipinski definition) is 0. The molecule has 204 valence electrons. The molecule has 1 aliphatic rings. The highest BCUT2D eigenvalue weighted by Crippen LogP contribution is 2.51. The average molecular weight is 551 g/mol. The normalized spacial score (nSPS) is 13.1. The van der Waals surface area contributed by atoms with Gasteiger partial charge in [0, 0.05) is 27.7 Å². The zero-order valence-electron chi connectivity index (χ0n) is 24.3. The molecule has 0 atom stereocenters. The molecule has 7 aromatic rings. The fourth-order valence-corrected chi connectivity index (χ4v) is 6.59. The van der Waals surface area contributed by atoms with Gasteiger partial charge in [-0.05, 0) is 44.7 Å². The average Bonchev–Trinajstić information content (AvgIpc) is 3.31. The molecule has 2 nitrogen and oxygen atoms in total. The molecule has 0 N–H and O–H groups in total. The molecule has 1 aliphatic carbocycles. The Morgan fingerprint density at radius 1 is 0.419 bits per heavy atom. The Morgan fingerprint density at radius 3 is 1.67 bits per heavy atom. The predicted octanol–water partition coefficient (Wildman–Crippen LogP) is 10.6. The van der Waals surface area contributed by atoms with E-state index in [-0.39, 0.29) is 5.41 Å². The minimum Gasteiger partial charge on any atom is -0.228 e. The van der Waals surface area contributed by atoms with Crippen LogP contribution in [0.4, 0.5) is 0 Å². The van der Waals surface area contributed by atoms with E-state index in [2.05, 4.69) is 141 Å². The summed E-state index contributed by atoms with van der Waals surface area (Å²) >= 11 is 0. The Hall–Kier alpha value is -5.34. The van der Waals surface area contributed by atoms with Crippen LogP contribution >= 0.6 is 0 Å². The van der Waals surface area contributed by atoms with Crippen molar-refractivity contribution in [1.29, 1.82) is 0 Å². The van der Waals surface area contributed by atoms with Gasteiger partial charge in [-0.25, -0.2) is 9.97 Å². The maximum Gasteiger partial charge on any atom is 0.160 e. The van der Waals surface area contributed by atoms with Crippen molar-refractivity contribution in [3.05, 3.63) is 157 Å². The topological polar surface area (TPSA) is 25.8 Å². The largest absolute Gasteiger partial charge is 0.228 e. The van der Waals surface area contributed by atoms with Crippen LogP contribution in [0.2, 0.25) is 0 Å². The van der Waals surface area contributed by atoms with Crippen LogP contribution in [0.1, 0.15) is 25.0 Å². The maximum absolute atomic E-state index is 5.22. The molecule has 0 amide bonds. The van der Waals surface area contributed by atoms with Crippen LogP contribution in [0.25, 0.3) is 66.9 Å². The summed E-state index contributed by atoms with van der Waals surface area (Å²) in [5.41, 5.74) is 12.5.